The maximum absolute atomic E-state index is 12.9. The number of ether oxygens (including phenoxy) is 4. The fraction of sp³-hybridized carbons (Fsp3) is 0.350. The molecule has 1 atom stereocenters. The summed E-state index contributed by atoms with van der Waals surface area (Å²) >= 11 is 0. The van der Waals surface area contributed by atoms with Crippen LogP contribution < -0.4 is 43.1 Å². The normalized spacial score (nSPS) is 10.6. The molecule has 0 saturated heterocycles. The van der Waals surface area contributed by atoms with Gasteiger partial charge in [0.2, 0.25) is 0 Å². The van der Waals surface area contributed by atoms with E-state index in [4.69, 9.17) is 18.9 Å². The number of carbonyl (C=O) groups is 1. The second kappa shape index (κ2) is 11.2. The maximum Gasteiger partial charge on any atom is 1.00 e. The average molecular weight is 383 g/mol. The van der Waals surface area contributed by atoms with Crippen LogP contribution in [0.5, 0.6) is 23.0 Å². The van der Waals surface area contributed by atoms with Crippen molar-refractivity contribution >= 4 is 19.4 Å². The zero-order valence-corrected chi connectivity index (χ0v) is 17.8. The Morgan fingerprint density at radius 1 is 0.926 bits per heavy atom. The van der Waals surface area contributed by atoms with Crippen molar-refractivity contribution in [2.45, 2.75) is 13.8 Å². The van der Waals surface area contributed by atoms with E-state index in [0.29, 0.717) is 35.3 Å². The van der Waals surface area contributed by atoms with Crippen molar-refractivity contribution in [1.82, 2.24) is 0 Å². The van der Waals surface area contributed by atoms with Gasteiger partial charge in [-0.1, -0.05) is 26.0 Å². The van der Waals surface area contributed by atoms with Gasteiger partial charge in [-0.15, -0.1) is 0 Å². The molecule has 0 spiro atoms. The van der Waals surface area contributed by atoms with Crippen LogP contribution in [0.15, 0.2) is 36.4 Å². The molecule has 5 nitrogen and oxygen atoms in total. The summed E-state index contributed by atoms with van der Waals surface area (Å²) in [5.41, 5.74) is 0.367. The maximum atomic E-state index is 12.9. The SMILES string of the molecule is COc1cc(OC)c(C(=O)Pc2ccc(OCC(C)C)cc2)c(OC)c1.[Li+]. The summed E-state index contributed by atoms with van der Waals surface area (Å²) in [6.07, 6.45) is 0. The zero-order valence-electron chi connectivity index (χ0n) is 16.8. The second-order valence-electron chi connectivity index (χ2n) is 6.09. The molecule has 1 unspecified atom stereocenters. The Morgan fingerprint density at radius 2 is 1.48 bits per heavy atom. The van der Waals surface area contributed by atoms with Crippen molar-refractivity contribution < 1.29 is 42.6 Å². The molecule has 140 valence electrons. The molecule has 0 aliphatic carbocycles. The van der Waals surface area contributed by atoms with Crippen LogP contribution in [0.4, 0.5) is 0 Å². The van der Waals surface area contributed by atoms with Gasteiger partial charge in [0.05, 0.1) is 27.9 Å². The third kappa shape index (κ3) is 6.47. The van der Waals surface area contributed by atoms with Gasteiger partial charge in [-0.3, -0.25) is 4.79 Å². The van der Waals surface area contributed by atoms with E-state index in [0.717, 1.165) is 11.1 Å². The molecular weight excluding hydrogens is 358 g/mol. The Kier molecular flexibility index (Phi) is 9.73. The summed E-state index contributed by atoms with van der Waals surface area (Å²) in [5.74, 6) is 2.73. The number of methoxy groups -OCH3 is 3. The molecule has 2 rings (SSSR count). The summed E-state index contributed by atoms with van der Waals surface area (Å²) in [6.45, 7) is 4.87. The molecule has 27 heavy (non-hydrogen) atoms. The number of rotatable bonds is 9. The third-order valence-corrected chi connectivity index (χ3v) is 4.74. The van der Waals surface area contributed by atoms with Gasteiger partial charge in [0.15, 0.2) is 5.52 Å². The van der Waals surface area contributed by atoms with Gasteiger partial charge in [-0.25, -0.2) is 0 Å². The molecule has 2 aromatic carbocycles. The van der Waals surface area contributed by atoms with Gasteiger partial charge in [0, 0.05) is 12.1 Å². The molecule has 0 N–H and O–H groups in total. The first-order valence-corrected chi connectivity index (χ1v) is 9.32. The van der Waals surface area contributed by atoms with E-state index >= 15 is 0 Å². The number of hydrogen-bond acceptors (Lipinski definition) is 5. The molecule has 0 aliphatic rings. The molecular formula is C20H25LiO5P+. The Hall–Kier alpha value is -1.66. The Balaban J connectivity index is 0.00000364. The quantitative estimate of drug-likeness (QED) is 0.476. The minimum Gasteiger partial charge on any atom is -0.496 e. The molecule has 0 aromatic heterocycles. The molecule has 0 saturated carbocycles. The smallest absolute Gasteiger partial charge is 0.496 e. The van der Waals surface area contributed by atoms with E-state index in [1.807, 2.05) is 24.3 Å². The van der Waals surface area contributed by atoms with Gasteiger partial charge in [0.25, 0.3) is 0 Å². The van der Waals surface area contributed by atoms with Crippen molar-refractivity contribution in [3.8, 4) is 23.0 Å². The second-order valence-corrected chi connectivity index (χ2v) is 7.37. The van der Waals surface area contributed by atoms with Crippen molar-refractivity contribution in [2.24, 2.45) is 5.92 Å². The molecule has 7 heteroatoms. The van der Waals surface area contributed by atoms with Gasteiger partial charge in [-0.05, 0) is 31.9 Å². The summed E-state index contributed by atoms with van der Waals surface area (Å²) in [6, 6.07) is 11.0. The number of hydrogen-bond donors (Lipinski definition) is 0. The summed E-state index contributed by atoms with van der Waals surface area (Å²) in [5, 5.41) is 0.923. The van der Waals surface area contributed by atoms with Crippen molar-refractivity contribution in [1.29, 1.82) is 0 Å². The Morgan fingerprint density at radius 3 is 1.93 bits per heavy atom. The average Bonchev–Trinajstić information content (AvgIpc) is 2.65. The Bertz CT molecular complexity index is 722. The third-order valence-electron chi connectivity index (χ3n) is 3.64. The fourth-order valence-corrected chi connectivity index (χ4v) is 3.29. The summed E-state index contributed by atoms with van der Waals surface area (Å²) < 4.78 is 21.6. The van der Waals surface area contributed by atoms with Gasteiger partial charge in [0.1, 0.15) is 28.6 Å². The van der Waals surface area contributed by atoms with E-state index < -0.39 is 0 Å². The van der Waals surface area contributed by atoms with Crippen molar-refractivity contribution in [2.75, 3.05) is 27.9 Å². The number of carbonyl (C=O) groups excluding carboxylic acids is 1. The van der Waals surface area contributed by atoms with E-state index in [1.54, 1.807) is 19.2 Å². The summed E-state index contributed by atoms with van der Waals surface area (Å²) in [4.78, 5) is 12.9. The van der Waals surface area contributed by atoms with Crippen LogP contribution >= 0.6 is 8.58 Å². The van der Waals surface area contributed by atoms with Gasteiger partial charge in [-0.2, -0.15) is 0 Å². The van der Waals surface area contributed by atoms with Crippen LogP contribution in [0, 0.1) is 5.92 Å². The van der Waals surface area contributed by atoms with E-state index in [1.165, 1.54) is 14.2 Å². The molecule has 0 amide bonds. The van der Waals surface area contributed by atoms with Crippen LogP contribution in [0.3, 0.4) is 0 Å². The molecule has 0 aliphatic heterocycles. The van der Waals surface area contributed by atoms with Crippen molar-refractivity contribution in [3.63, 3.8) is 0 Å². The predicted molar refractivity (Wildman–Crippen MR) is 105 cm³/mol. The molecule has 2 aromatic rings. The molecule has 0 bridgehead atoms. The van der Waals surface area contributed by atoms with Gasteiger partial charge < -0.3 is 18.9 Å². The first kappa shape index (κ1) is 23.4. The van der Waals surface area contributed by atoms with Crippen LogP contribution in [-0.4, -0.2) is 33.5 Å². The largest absolute Gasteiger partial charge is 1.00 e. The van der Waals surface area contributed by atoms with Crippen LogP contribution in [-0.2, 0) is 0 Å². The first-order chi connectivity index (χ1) is 12.5. The number of benzene rings is 2. The Labute approximate surface area is 174 Å². The molecule has 0 radical (unpaired) electrons. The monoisotopic (exact) mass is 383 g/mol. The van der Waals surface area contributed by atoms with Crippen LogP contribution in [0.2, 0.25) is 0 Å². The van der Waals surface area contributed by atoms with Crippen LogP contribution in [0.1, 0.15) is 24.2 Å². The first-order valence-electron chi connectivity index (χ1n) is 8.32. The molecule has 0 heterocycles. The minimum atomic E-state index is -0.0581. The standard InChI is InChI=1S/C20H25O5P.Li/c1-13(2)12-25-14-6-8-16(9-7-14)26-20(21)19-17(23-4)10-15(22-3)11-18(19)24-5;/h6-11,13,26H,12H2,1-5H3;/q;+1. The minimum absolute atomic E-state index is 0. The fourth-order valence-electron chi connectivity index (χ4n) is 2.32. The zero-order chi connectivity index (χ0) is 19.1. The van der Waals surface area contributed by atoms with Gasteiger partial charge >= 0.3 is 18.9 Å². The van der Waals surface area contributed by atoms with E-state index in [-0.39, 0.29) is 33.0 Å². The van der Waals surface area contributed by atoms with E-state index in [9.17, 15) is 4.79 Å². The topological polar surface area (TPSA) is 54.0 Å². The van der Waals surface area contributed by atoms with Crippen molar-refractivity contribution in [3.05, 3.63) is 42.0 Å². The predicted octanol–water partition coefficient (Wildman–Crippen LogP) is 0.895. The van der Waals surface area contributed by atoms with E-state index in [2.05, 4.69) is 13.8 Å². The van der Waals surface area contributed by atoms with Crippen LogP contribution in [0.25, 0.3) is 0 Å². The summed E-state index contributed by atoms with van der Waals surface area (Å²) in [7, 11) is 4.55. The molecule has 0 fully saturated rings.